The number of likely N-dealkylation sites (tertiary alicyclic amines) is 1. The largest absolute Gasteiger partial charge is 0.450 e. The molecule has 0 unspecified atom stereocenters. The number of hydrogen-bond acceptors (Lipinski definition) is 5. The Hall–Kier alpha value is -0.860. The average molecular weight is 334 g/mol. The van der Waals surface area contributed by atoms with Crippen LogP contribution in [0.1, 0.15) is 33.6 Å². The van der Waals surface area contributed by atoms with Crippen LogP contribution >= 0.6 is 0 Å². The third-order valence-corrected chi connectivity index (χ3v) is 6.47. The van der Waals surface area contributed by atoms with E-state index < -0.39 is 15.3 Å². The number of piperidine rings is 1. The second-order valence-corrected chi connectivity index (χ2v) is 8.22. The van der Waals surface area contributed by atoms with Crippen LogP contribution in [-0.4, -0.2) is 74.0 Å². The van der Waals surface area contributed by atoms with Crippen LogP contribution in [0.5, 0.6) is 0 Å². The highest BCUT2D eigenvalue weighted by Gasteiger charge is 2.38. The van der Waals surface area contributed by atoms with Crippen molar-refractivity contribution in [2.24, 2.45) is 0 Å². The zero-order valence-corrected chi connectivity index (χ0v) is 14.3. The summed E-state index contributed by atoms with van der Waals surface area (Å²) >= 11 is 0. The predicted molar refractivity (Wildman–Crippen MR) is 82.1 cm³/mol. The van der Waals surface area contributed by atoms with E-state index in [0.717, 1.165) is 0 Å². The molecule has 0 spiro atoms. The van der Waals surface area contributed by atoms with Crippen LogP contribution in [0.2, 0.25) is 0 Å². The Bertz CT molecular complexity index is 477. The Balaban J connectivity index is 1.96. The molecule has 0 aromatic heterocycles. The zero-order valence-electron chi connectivity index (χ0n) is 13.5. The number of carbonyl (C=O) groups is 1. The fourth-order valence-electron chi connectivity index (χ4n) is 3.10. The van der Waals surface area contributed by atoms with E-state index in [2.05, 4.69) is 0 Å². The van der Waals surface area contributed by atoms with Gasteiger partial charge in [-0.05, 0) is 33.6 Å². The molecule has 0 aliphatic carbocycles. The summed E-state index contributed by atoms with van der Waals surface area (Å²) in [6, 6.07) is 0. The smallest absolute Gasteiger partial charge is 0.409 e. The SMILES string of the molecule is CCOC(=O)N1CCC(S(=O)(=O)N2C[C@@H](C)O[C@H](C)C2)CC1. The molecule has 2 aliphatic heterocycles. The fraction of sp³-hybridized carbons (Fsp3) is 0.929. The van der Waals surface area contributed by atoms with E-state index >= 15 is 0 Å². The number of amides is 1. The first-order valence-electron chi connectivity index (χ1n) is 7.90. The molecule has 8 heteroatoms. The lowest BCUT2D eigenvalue weighted by molar-refractivity contribution is -0.0444. The van der Waals surface area contributed by atoms with Gasteiger partial charge >= 0.3 is 6.09 Å². The number of carbonyl (C=O) groups excluding carboxylic acids is 1. The molecule has 128 valence electrons. The molecule has 22 heavy (non-hydrogen) atoms. The van der Waals surface area contributed by atoms with Crippen LogP contribution in [0.3, 0.4) is 0 Å². The topological polar surface area (TPSA) is 76.2 Å². The molecule has 1 amide bonds. The van der Waals surface area contributed by atoms with Crippen molar-refractivity contribution in [3.05, 3.63) is 0 Å². The maximum absolute atomic E-state index is 12.8. The molecule has 0 aromatic rings. The van der Waals surface area contributed by atoms with Gasteiger partial charge in [0.25, 0.3) is 0 Å². The lowest BCUT2D eigenvalue weighted by atomic mass is 10.1. The van der Waals surface area contributed by atoms with Crippen molar-refractivity contribution < 1.29 is 22.7 Å². The molecule has 2 rings (SSSR count). The first kappa shape index (κ1) is 17.5. The zero-order chi connectivity index (χ0) is 16.3. The van der Waals surface area contributed by atoms with Gasteiger partial charge in [-0.15, -0.1) is 0 Å². The normalized spacial score (nSPS) is 28.6. The van der Waals surface area contributed by atoms with Gasteiger partial charge in [0.2, 0.25) is 10.0 Å². The van der Waals surface area contributed by atoms with Crippen LogP contribution in [0.25, 0.3) is 0 Å². The molecule has 2 atom stereocenters. The van der Waals surface area contributed by atoms with E-state index in [9.17, 15) is 13.2 Å². The number of ether oxygens (including phenoxy) is 2. The van der Waals surface area contributed by atoms with Gasteiger partial charge in [-0.25, -0.2) is 13.2 Å². The fourth-order valence-corrected chi connectivity index (χ4v) is 5.16. The van der Waals surface area contributed by atoms with Crippen LogP contribution < -0.4 is 0 Å². The highest BCUT2D eigenvalue weighted by atomic mass is 32.2. The van der Waals surface area contributed by atoms with Crippen molar-refractivity contribution in [3.63, 3.8) is 0 Å². The van der Waals surface area contributed by atoms with Crippen LogP contribution in [0.4, 0.5) is 4.79 Å². The van der Waals surface area contributed by atoms with Gasteiger partial charge in [-0.3, -0.25) is 0 Å². The average Bonchev–Trinajstić information content (AvgIpc) is 2.46. The van der Waals surface area contributed by atoms with Gasteiger partial charge in [-0.2, -0.15) is 4.31 Å². The minimum Gasteiger partial charge on any atom is -0.450 e. The Morgan fingerprint density at radius 3 is 2.23 bits per heavy atom. The Labute approximate surface area is 132 Å². The first-order chi connectivity index (χ1) is 10.3. The number of morpholine rings is 1. The maximum Gasteiger partial charge on any atom is 0.409 e. The number of nitrogens with zero attached hydrogens (tertiary/aromatic N) is 2. The molecule has 2 aliphatic rings. The molecule has 0 N–H and O–H groups in total. The Morgan fingerprint density at radius 2 is 1.73 bits per heavy atom. The Kier molecular flexibility index (Phi) is 5.68. The summed E-state index contributed by atoms with van der Waals surface area (Å²) in [6.07, 6.45) is 0.394. The Morgan fingerprint density at radius 1 is 1.18 bits per heavy atom. The quantitative estimate of drug-likeness (QED) is 0.771. The first-order valence-corrected chi connectivity index (χ1v) is 9.41. The van der Waals surface area contributed by atoms with Gasteiger partial charge in [0.1, 0.15) is 0 Å². The molecule has 2 heterocycles. The maximum atomic E-state index is 12.8. The minimum absolute atomic E-state index is 0.0850. The lowest BCUT2D eigenvalue weighted by Gasteiger charge is -2.38. The van der Waals surface area contributed by atoms with Crippen LogP contribution in [0, 0.1) is 0 Å². The van der Waals surface area contributed by atoms with E-state index in [1.54, 1.807) is 16.1 Å². The summed E-state index contributed by atoms with van der Waals surface area (Å²) in [5, 5.41) is -0.421. The molecular weight excluding hydrogens is 308 g/mol. The molecule has 7 nitrogen and oxygen atoms in total. The molecule has 0 bridgehead atoms. The summed E-state index contributed by atoms with van der Waals surface area (Å²) in [5.41, 5.74) is 0. The van der Waals surface area contributed by atoms with E-state index in [4.69, 9.17) is 9.47 Å². The van der Waals surface area contributed by atoms with Gasteiger partial charge in [0, 0.05) is 26.2 Å². The third-order valence-electron chi connectivity index (χ3n) is 4.14. The summed E-state index contributed by atoms with van der Waals surface area (Å²) in [4.78, 5) is 13.3. The monoisotopic (exact) mass is 334 g/mol. The second kappa shape index (κ2) is 7.14. The highest BCUT2D eigenvalue weighted by molar-refractivity contribution is 7.89. The van der Waals surface area contributed by atoms with E-state index in [-0.39, 0.29) is 18.3 Å². The number of rotatable bonds is 3. The van der Waals surface area contributed by atoms with Crippen molar-refractivity contribution in [1.29, 1.82) is 0 Å². The van der Waals surface area contributed by atoms with Gasteiger partial charge < -0.3 is 14.4 Å². The third kappa shape index (κ3) is 3.91. The highest BCUT2D eigenvalue weighted by Crippen LogP contribution is 2.24. The van der Waals surface area contributed by atoms with Crippen molar-refractivity contribution in [3.8, 4) is 0 Å². The molecule has 0 aromatic carbocycles. The lowest BCUT2D eigenvalue weighted by Crippen LogP contribution is -2.53. The summed E-state index contributed by atoms with van der Waals surface area (Å²) in [6.45, 7) is 7.55. The van der Waals surface area contributed by atoms with Crippen molar-refractivity contribution in [2.75, 3.05) is 32.8 Å². The van der Waals surface area contributed by atoms with Crippen LogP contribution in [-0.2, 0) is 19.5 Å². The van der Waals surface area contributed by atoms with Crippen molar-refractivity contribution in [2.45, 2.75) is 51.1 Å². The molecule has 2 fully saturated rings. The van der Waals surface area contributed by atoms with E-state index in [1.165, 1.54) is 0 Å². The van der Waals surface area contributed by atoms with Crippen molar-refractivity contribution >= 4 is 16.1 Å². The van der Waals surface area contributed by atoms with Gasteiger partial charge in [-0.1, -0.05) is 0 Å². The van der Waals surface area contributed by atoms with Crippen molar-refractivity contribution in [1.82, 2.24) is 9.21 Å². The second-order valence-electron chi connectivity index (χ2n) is 6.00. The van der Waals surface area contributed by atoms with Crippen LogP contribution in [0.15, 0.2) is 0 Å². The summed E-state index contributed by atoms with van der Waals surface area (Å²) in [5.74, 6) is 0. The molecule has 0 saturated carbocycles. The minimum atomic E-state index is -3.34. The van der Waals surface area contributed by atoms with E-state index in [0.29, 0.717) is 45.6 Å². The van der Waals surface area contributed by atoms with E-state index in [1.807, 2.05) is 13.8 Å². The molecular formula is C14H26N2O5S. The number of sulfonamides is 1. The molecule has 2 saturated heterocycles. The standard InChI is InChI=1S/C14H26N2O5S/c1-4-20-14(17)15-7-5-13(6-8-15)22(18,19)16-9-11(2)21-12(3)10-16/h11-13H,4-10H2,1-3H3/t11-,12-/m1/s1. The summed E-state index contributed by atoms with van der Waals surface area (Å²) < 4.78 is 37.6. The van der Waals surface area contributed by atoms with Gasteiger partial charge in [0.15, 0.2) is 0 Å². The van der Waals surface area contributed by atoms with Gasteiger partial charge in [0.05, 0.1) is 24.1 Å². The molecule has 0 radical (unpaired) electrons. The summed E-state index contributed by atoms with van der Waals surface area (Å²) in [7, 11) is -3.34. The number of hydrogen-bond donors (Lipinski definition) is 0. The predicted octanol–water partition coefficient (Wildman–Crippen LogP) is 1.05.